The van der Waals surface area contributed by atoms with Crippen molar-refractivity contribution < 1.29 is 17.9 Å². The third kappa shape index (κ3) is 4.48. The van der Waals surface area contributed by atoms with E-state index in [1.165, 1.54) is 19.2 Å². The first-order chi connectivity index (χ1) is 15.8. The standard InChI is InChI=1S/C25H22N2O4S2/c1-16-8-6-10-18(14-16)27-25-24(33(29,30)20-12-4-3-5-13-20)21(26)23(32-25)22(28)17-9-7-11-19(15-17)31-2/h3-15,27H,26H2,1-2H3. The van der Waals surface area contributed by atoms with Crippen molar-refractivity contribution in [1.29, 1.82) is 0 Å². The molecule has 33 heavy (non-hydrogen) atoms. The van der Waals surface area contributed by atoms with Gasteiger partial charge in [-0.3, -0.25) is 4.79 Å². The second kappa shape index (κ2) is 9.09. The summed E-state index contributed by atoms with van der Waals surface area (Å²) in [6.07, 6.45) is 0. The van der Waals surface area contributed by atoms with Gasteiger partial charge in [0.2, 0.25) is 15.6 Å². The van der Waals surface area contributed by atoms with Crippen molar-refractivity contribution in [2.24, 2.45) is 0 Å². The maximum absolute atomic E-state index is 13.6. The number of carbonyl (C=O) groups excluding carboxylic acids is 1. The highest BCUT2D eigenvalue weighted by atomic mass is 32.2. The molecule has 4 aromatic rings. The Balaban J connectivity index is 1.88. The molecule has 0 aliphatic heterocycles. The van der Waals surface area contributed by atoms with E-state index in [-0.39, 0.29) is 31.1 Å². The molecule has 1 heterocycles. The van der Waals surface area contributed by atoms with Crippen LogP contribution in [-0.2, 0) is 9.84 Å². The maximum Gasteiger partial charge on any atom is 0.211 e. The van der Waals surface area contributed by atoms with Crippen molar-refractivity contribution in [3.05, 3.63) is 94.9 Å². The van der Waals surface area contributed by atoms with Gasteiger partial charge in [-0.15, -0.1) is 11.3 Å². The van der Waals surface area contributed by atoms with Gasteiger partial charge in [0, 0.05) is 11.3 Å². The van der Waals surface area contributed by atoms with Crippen molar-refractivity contribution in [3.63, 3.8) is 0 Å². The summed E-state index contributed by atoms with van der Waals surface area (Å²) < 4.78 is 32.3. The lowest BCUT2D eigenvalue weighted by atomic mass is 10.1. The van der Waals surface area contributed by atoms with Crippen molar-refractivity contribution in [2.45, 2.75) is 16.7 Å². The van der Waals surface area contributed by atoms with Gasteiger partial charge in [0.25, 0.3) is 0 Å². The van der Waals surface area contributed by atoms with Crippen LogP contribution in [0.2, 0.25) is 0 Å². The number of hydrogen-bond donors (Lipinski definition) is 2. The number of ether oxygens (including phenoxy) is 1. The first-order valence-electron chi connectivity index (χ1n) is 10.1. The molecule has 0 atom stereocenters. The van der Waals surface area contributed by atoms with Gasteiger partial charge in [0.1, 0.15) is 20.5 Å². The molecule has 4 rings (SSSR count). The number of carbonyl (C=O) groups is 1. The van der Waals surface area contributed by atoms with Crippen LogP contribution in [0.25, 0.3) is 0 Å². The highest BCUT2D eigenvalue weighted by Gasteiger charge is 2.31. The van der Waals surface area contributed by atoms with Crippen molar-refractivity contribution in [2.75, 3.05) is 18.2 Å². The monoisotopic (exact) mass is 478 g/mol. The minimum absolute atomic E-state index is 0.0770. The lowest BCUT2D eigenvalue weighted by Crippen LogP contribution is -2.08. The first-order valence-corrected chi connectivity index (χ1v) is 12.4. The van der Waals surface area contributed by atoms with Crippen LogP contribution in [0.3, 0.4) is 0 Å². The van der Waals surface area contributed by atoms with E-state index in [1.54, 1.807) is 42.5 Å². The molecule has 6 nitrogen and oxygen atoms in total. The van der Waals surface area contributed by atoms with Crippen LogP contribution in [0.15, 0.2) is 88.7 Å². The minimum atomic E-state index is -3.99. The second-order valence-corrected chi connectivity index (χ2v) is 10.3. The number of nitrogens with one attached hydrogen (secondary N) is 1. The third-order valence-electron chi connectivity index (χ3n) is 5.04. The number of nitrogens with two attached hydrogens (primary N) is 1. The predicted molar refractivity (Wildman–Crippen MR) is 132 cm³/mol. The SMILES string of the molecule is COc1cccc(C(=O)c2sc(Nc3cccc(C)c3)c(S(=O)(=O)c3ccccc3)c2N)c1. The fourth-order valence-electron chi connectivity index (χ4n) is 3.41. The van der Waals surface area contributed by atoms with Gasteiger partial charge >= 0.3 is 0 Å². The number of methoxy groups -OCH3 is 1. The van der Waals surface area contributed by atoms with E-state index in [1.807, 2.05) is 31.2 Å². The smallest absolute Gasteiger partial charge is 0.211 e. The van der Waals surface area contributed by atoms with E-state index in [0.717, 1.165) is 16.9 Å². The number of thiophene rings is 1. The van der Waals surface area contributed by atoms with Gasteiger partial charge in [-0.05, 0) is 48.9 Å². The molecule has 168 valence electrons. The second-order valence-electron chi connectivity index (χ2n) is 7.38. The molecule has 0 radical (unpaired) electrons. The number of hydrogen-bond acceptors (Lipinski definition) is 7. The molecule has 0 unspecified atom stereocenters. The molecule has 0 saturated heterocycles. The summed E-state index contributed by atoms with van der Waals surface area (Å²) in [4.78, 5) is 13.5. The average molecular weight is 479 g/mol. The Morgan fingerprint density at radius 2 is 1.70 bits per heavy atom. The Morgan fingerprint density at radius 1 is 0.970 bits per heavy atom. The van der Waals surface area contributed by atoms with Crippen LogP contribution in [-0.4, -0.2) is 21.3 Å². The molecule has 8 heteroatoms. The zero-order valence-corrected chi connectivity index (χ0v) is 19.7. The summed E-state index contributed by atoms with van der Waals surface area (Å²) >= 11 is 1.02. The average Bonchev–Trinajstić information content (AvgIpc) is 3.15. The molecule has 0 aliphatic rings. The lowest BCUT2D eigenvalue weighted by molar-refractivity contribution is 0.104. The third-order valence-corrected chi connectivity index (χ3v) is 8.14. The summed E-state index contributed by atoms with van der Waals surface area (Å²) in [5.74, 6) is 0.143. The molecule has 0 spiro atoms. The number of ketones is 1. The Bertz CT molecular complexity index is 1430. The van der Waals surface area contributed by atoms with Crippen LogP contribution in [0.1, 0.15) is 20.8 Å². The predicted octanol–water partition coefficient (Wildman–Crippen LogP) is 5.45. The van der Waals surface area contributed by atoms with Gasteiger partial charge in [0.05, 0.1) is 17.7 Å². The fourth-order valence-corrected chi connectivity index (χ4v) is 6.37. The Morgan fingerprint density at radius 3 is 2.39 bits per heavy atom. The summed E-state index contributed by atoms with van der Waals surface area (Å²) in [6, 6.07) is 22.2. The molecule has 0 aliphatic carbocycles. The largest absolute Gasteiger partial charge is 0.497 e. The molecule has 0 amide bonds. The van der Waals surface area contributed by atoms with Gasteiger partial charge in [-0.25, -0.2) is 8.42 Å². The molecular weight excluding hydrogens is 456 g/mol. The van der Waals surface area contributed by atoms with Crippen LogP contribution >= 0.6 is 11.3 Å². The molecule has 3 aromatic carbocycles. The van der Waals surface area contributed by atoms with E-state index in [9.17, 15) is 13.2 Å². The van der Waals surface area contributed by atoms with E-state index in [2.05, 4.69) is 5.32 Å². The molecular formula is C25H22N2O4S2. The number of sulfone groups is 1. The Labute approximate surface area is 196 Å². The van der Waals surface area contributed by atoms with Crippen LogP contribution in [0.5, 0.6) is 5.75 Å². The van der Waals surface area contributed by atoms with Crippen molar-refractivity contribution in [1.82, 2.24) is 0 Å². The Kier molecular flexibility index (Phi) is 6.22. The molecule has 3 N–H and O–H groups in total. The van der Waals surface area contributed by atoms with Gasteiger partial charge in [-0.1, -0.05) is 42.5 Å². The first kappa shape index (κ1) is 22.6. The van der Waals surface area contributed by atoms with Gasteiger partial charge in [-0.2, -0.15) is 0 Å². The summed E-state index contributed by atoms with van der Waals surface area (Å²) in [5.41, 5.74) is 8.34. The number of nitrogen functional groups attached to an aromatic ring is 1. The van der Waals surface area contributed by atoms with E-state index in [0.29, 0.717) is 17.0 Å². The van der Waals surface area contributed by atoms with E-state index in [4.69, 9.17) is 10.5 Å². The fraction of sp³-hybridized carbons (Fsp3) is 0.0800. The quantitative estimate of drug-likeness (QED) is 0.343. The van der Waals surface area contributed by atoms with Crippen LogP contribution in [0.4, 0.5) is 16.4 Å². The van der Waals surface area contributed by atoms with Crippen LogP contribution < -0.4 is 15.8 Å². The molecule has 1 aromatic heterocycles. The number of aryl methyl sites for hydroxylation is 1. The van der Waals surface area contributed by atoms with Gasteiger partial charge in [0.15, 0.2) is 0 Å². The normalized spacial score (nSPS) is 11.2. The van der Waals surface area contributed by atoms with Crippen LogP contribution in [0, 0.1) is 6.92 Å². The summed E-state index contributed by atoms with van der Waals surface area (Å²) in [6.45, 7) is 1.94. The molecule has 0 fully saturated rings. The maximum atomic E-state index is 13.6. The molecule has 0 bridgehead atoms. The van der Waals surface area contributed by atoms with E-state index >= 15 is 0 Å². The lowest BCUT2D eigenvalue weighted by Gasteiger charge is -2.10. The zero-order valence-electron chi connectivity index (χ0n) is 18.0. The van der Waals surface area contributed by atoms with Crippen molar-refractivity contribution in [3.8, 4) is 5.75 Å². The number of rotatable bonds is 7. The molecule has 0 saturated carbocycles. The number of anilines is 3. The Hall–Kier alpha value is -3.62. The highest BCUT2D eigenvalue weighted by molar-refractivity contribution is 7.92. The van der Waals surface area contributed by atoms with Crippen molar-refractivity contribution >= 4 is 43.3 Å². The summed E-state index contributed by atoms with van der Waals surface area (Å²) in [5, 5.41) is 3.45. The van der Waals surface area contributed by atoms with E-state index < -0.39 is 9.84 Å². The minimum Gasteiger partial charge on any atom is -0.497 e. The van der Waals surface area contributed by atoms with Gasteiger partial charge < -0.3 is 15.8 Å². The topological polar surface area (TPSA) is 98.5 Å². The highest BCUT2D eigenvalue weighted by Crippen LogP contribution is 2.44. The number of benzene rings is 3. The zero-order chi connectivity index (χ0) is 23.6. The summed E-state index contributed by atoms with van der Waals surface area (Å²) in [7, 11) is -2.48.